The Morgan fingerprint density at radius 1 is 0.722 bits per heavy atom. The molecule has 0 radical (unpaired) electrons. The Kier molecular flexibility index (Phi) is 11.2. The van der Waals surface area contributed by atoms with Gasteiger partial charge in [0.1, 0.15) is 16.7 Å². The van der Waals surface area contributed by atoms with Crippen molar-refractivity contribution in [3.8, 4) is 16.9 Å². The first kappa shape index (κ1) is 35.9. The Balaban J connectivity index is 1.12. The molecule has 1 heterocycles. The first-order valence-corrected chi connectivity index (χ1v) is 18.7. The molecule has 1 atom stereocenters. The van der Waals surface area contributed by atoms with Crippen molar-refractivity contribution >= 4 is 67.9 Å². The fraction of sp³-hybridized carbons (Fsp3) is 0.0455. The monoisotopic (exact) mass is 746 g/mol. The average molecular weight is 747 g/mol. The highest BCUT2D eigenvalue weighted by molar-refractivity contribution is 8.00. The quantitative estimate of drug-likeness (QED) is 0.0849. The number of thioether (sulfide) groups is 1. The van der Waals surface area contributed by atoms with Gasteiger partial charge in [-0.2, -0.15) is 0 Å². The van der Waals surface area contributed by atoms with Crippen LogP contribution in [0, 0.1) is 0 Å². The zero-order valence-corrected chi connectivity index (χ0v) is 30.7. The zero-order valence-electron chi connectivity index (χ0n) is 29.1. The lowest BCUT2D eigenvalue weighted by Crippen LogP contribution is -2.30. The maximum atomic E-state index is 13.9. The highest BCUT2D eigenvalue weighted by Gasteiger charge is 2.24. The van der Waals surface area contributed by atoms with Crippen molar-refractivity contribution < 1.29 is 19.1 Å². The van der Waals surface area contributed by atoms with Crippen LogP contribution in [-0.2, 0) is 9.59 Å². The molecule has 0 spiro atoms. The maximum Gasteiger partial charge on any atom is 0.272 e. The van der Waals surface area contributed by atoms with Gasteiger partial charge in [0.15, 0.2) is 5.13 Å². The van der Waals surface area contributed by atoms with Crippen molar-refractivity contribution in [2.75, 3.05) is 17.7 Å². The summed E-state index contributed by atoms with van der Waals surface area (Å²) in [5.41, 5.74) is 5.41. The fourth-order valence-electron chi connectivity index (χ4n) is 5.65. The number of anilines is 2. The summed E-state index contributed by atoms with van der Waals surface area (Å²) in [5.74, 6) is -0.434. The second-order valence-corrected chi connectivity index (χ2v) is 14.3. The molecule has 6 aromatic carbocycles. The van der Waals surface area contributed by atoms with E-state index >= 15 is 0 Å². The average Bonchev–Trinajstić information content (AvgIpc) is 3.62. The summed E-state index contributed by atoms with van der Waals surface area (Å²) in [4.78, 5) is 46.3. The predicted molar refractivity (Wildman–Crippen MR) is 219 cm³/mol. The van der Waals surface area contributed by atoms with E-state index in [1.165, 1.54) is 23.1 Å². The lowest BCUT2D eigenvalue weighted by Gasteiger charge is -2.17. The lowest BCUT2D eigenvalue weighted by molar-refractivity contribution is -0.116. The Labute approximate surface area is 320 Å². The SMILES string of the molecule is COc1ccc2nc(NC(=O)C(Sc3cccc(NC(=O)/C(=C\c4ccc(-c5ccccc5)cc4)NC(=O)c4ccccc4)c3)c3ccccc3)sc2c1. The summed E-state index contributed by atoms with van der Waals surface area (Å²) in [5, 5.41) is 8.62. The van der Waals surface area contributed by atoms with E-state index in [0.29, 0.717) is 22.1 Å². The molecule has 3 amide bonds. The molecule has 1 aromatic heterocycles. The number of hydrogen-bond donors (Lipinski definition) is 3. The molecule has 0 saturated carbocycles. The van der Waals surface area contributed by atoms with Crippen LogP contribution in [-0.4, -0.2) is 29.8 Å². The normalized spacial score (nSPS) is 11.8. The van der Waals surface area contributed by atoms with E-state index in [0.717, 1.165) is 37.4 Å². The highest BCUT2D eigenvalue weighted by atomic mass is 32.2. The molecule has 3 N–H and O–H groups in total. The number of ether oxygens (including phenoxy) is 1. The minimum absolute atomic E-state index is 0.0735. The second kappa shape index (κ2) is 16.9. The van der Waals surface area contributed by atoms with Crippen molar-refractivity contribution in [2.24, 2.45) is 0 Å². The largest absolute Gasteiger partial charge is 0.497 e. The Morgan fingerprint density at radius 3 is 2.13 bits per heavy atom. The summed E-state index contributed by atoms with van der Waals surface area (Å²) in [6.07, 6.45) is 1.65. The van der Waals surface area contributed by atoms with Gasteiger partial charge in [-0.05, 0) is 76.9 Å². The highest BCUT2D eigenvalue weighted by Crippen LogP contribution is 2.38. The third-order valence-corrected chi connectivity index (χ3v) is 10.6. The number of thiazole rings is 1. The van der Waals surface area contributed by atoms with Gasteiger partial charge in [0, 0.05) is 16.1 Å². The van der Waals surface area contributed by atoms with Crippen molar-refractivity contribution in [1.29, 1.82) is 0 Å². The number of aromatic nitrogens is 1. The Morgan fingerprint density at radius 2 is 1.41 bits per heavy atom. The Bertz CT molecular complexity index is 2430. The van der Waals surface area contributed by atoms with Gasteiger partial charge in [0.05, 0.1) is 17.3 Å². The zero-order chi connectivity index (χ0) is 37.3. The van der Waals surface area contributed by atoms with Gasteiger partial charge < -0.3 is 20.7 Å². The number of nitrogens with zero attached hydrogens (tertiary/aromatic N) is 1. The third kappa shape index (κ3) is 8.92. The summed E-state index contributed by atoms with van der Waals surface area (Å²) in [6, 6.07) is 48.9. The van der Waals surface area contributed by atoms with E-state index in [9.17, 15) is 14.4 Å². The molecule has 0 fully saturated rings. The van der Waals surface area contributed by atoms with Crippen molar-refractivity contribution in [3.05, 3.63) is 180 Å². The molecule has 0 saturated heterocycles. The number of fused-ring (bicyclic) bond motifs is 1. The number of benzene rings is 6. The molecule has 1 unspecified atom stereocenters. The summed E-state index contributed by atoms with van der Waals surface area (Å²) in [7, 11) is 1.61. The van der Waals surface area contributed by atoms with E-state index in [4.69, 9.17) is 4.74 Å². The molecule has 266 valence electrons. The molecular weight excluding hydrogens is 713 g/mol. The van der Waals surface area contributed by atoms with Gasteiger partial charge in [-0.15, -0.1) is 11.8 Å². The minimum atomic E-state index is -0.627. The maximum absolute atomic E-state index is 13.9. The summed E-state index contributed by atoms with van der Waals surface area (Å²) in [6.45, 7) is 0. The van der Waals surface area contributed by atoms with E-state index in [2.05, 4.69) is 20.9 Å². The number of nitrogens with one attached hydrogen (secondary N) is 3. The smallest absolute Gasteiger partial charge is 0.272 e. The molecule has 7 rings (SSSR count). The molecule has 8 nitrogen and oxygen atoms in total. The minimum Gasteiger partial charge on any atom is -0.497 e. The van der Waals surface area contributed by atoms with E-state index in [-0.39, 0.29) is 11.6 Å². The van der Waals surface area contributed by atoms with Crippen LogP contribution in [0.15, 0.2) is 168 Å². The standard InChI is InChI=1S/C44H34N4O4S2/c1-52-35-24-25-37-39(28-35)54-44(47-37)48-43(51)40(32-14-7-3-8-15-32)53-36-19-11-18-34(27-36)45-42(50)38(46-41(49)33-16-9-4-10-17-33)26-29-20-22-31(23-21-29)30-12-5-2-6-13-30/h2-28,40H,1H3,(H,45,50)(H,46,49)(H,47,48,51)/b38-26+. The third-order valence-electron chi connectivity index (χ3n) is 8.37. The Hall–Kier alpha value is -6.49. The first-order chi connectivity index (χ1) is 26.4. The van der Waals surface area contributed by atoms with Gasteiger partial charge in [0.2, 0.25) is 5.91 Å². The van der Waals surface area contributed by atoms with Crippen LogP contribution in [0.25, 0.3) is 27.4 Å². The number of methoxy groups -OCH3 is 1. The molecule has 54 heavy (non-hydrogen) atoms. The second-order valence-electron chi connectivity index (χ2n) is 12.1. The molecule has 0 aliphatic rings. The van der Waals surface area contributed by atoms with E-state index in [1.54, 1.807) is 49.6 Å². The number of hydrogen-bond acceptors (Lipinski definition) is 7. The van der Waals surface area contributed by atoms with E-state index < -0.39 is 17.1 Å². The topological polar surface area (TPSA) is 109 Å². The summed E-state index contributed by atoms with van der Waals surface area (Å²) >= 11 is 2.72. The molecule has 0 aliphatic heterocycles. The van der Waals surface area contributed by atoms with E-state index in [1.807, 2.05) is 121 Å². The van der Waals surface area contributed by atoms with Crippen LogP contribution < -0.4 is 20.7 Å². The number of amides is 3. The molecular formula is C44H34N4O4S2. The molecule has 0 aliphatic carbocycles. The van der Waals surface area contributed by atoms with Crippen LogP contribution in [0.4, 0.5) is 10.8 Å². The van der Waals surface area contributed by atoms with Crippen molar-refractivity contribution in [2.45, 2.75) is 10.1 Å². The van der Waals surface area contributed by atoms with Crippen molar-refractivity contribution in [3.63, 3.8) is 0 Å². The number of carbonyl (C=O) groups is 3. The first-order valence-electron chi connectivity index (χ1n) is 17.0. The molecule has 0 bridgehead atoms. The van der Waals surface area contributed by atoms with Crippen LogP contribution in [0.2, 0.25) is 0 Å². The van der Waals surface area contributed by atoms with Crippen molar-refractivity contribution in [1.82, 2.24) is 10.3 Å². The van der Waals surface area contributed by atoms with Crippen LogP contribution in [0.1, 0.15) is 26.7 Å². The van der Waals surface area contributed by atoms with Crippen LogP contribution >= 0.6 is 23.1 Å². The van der Waals surface area contributed by atoms with Crippen LogP contribution in [0.5, 0.6) is 5.75 Å². The number of rotatable bonds is 12. The van der Waals surface area contributed by atoms with Gasteiger partial charge in [-0.1, -0.05) is 121 Å². The number of carbonyl (C=O) groups excluding carboxylic acids is 3. The van der Waals surface area contributed by atoms with Gasteiger partial charge in [-0.3, -0.25) is 14.4 Å². The fourth-order valence-corrected chi connectivity index (χ4v) is 7.63. The molecule has 10 heteroatoms. The van der Waals surface area contributed by atoms with Gasteiger partial charge >= 0.3 is 0 Å². The lowest BCUT2D eigenvalue weighted by atomic mass is 10.0. The van der Waals surface area contributed by atoms with Gasteiger partial charge in [-0.25, -0.2) is 4.98 Å². The predicted octanol–water partition coefficient (Wildman–Crippen LogP) is 9.85. The summed E-state index contributed by atoms with van der Waals surface area (Å²) < 4.78 is 6.24. The molecule has 7 aromatic rings. The van der Waals surface area contributed by atoms with Crippen LogP contribution in [0.3, 0.4) is 0 Å². The van der Waals surface area contributed by atoms with Gasteiger partial charge in [0.25, 0.3) is 11.8 Å².